The number of rotatable bonds is 5. The number of nitrogens with zero attached hydrogens (tertiary/aromatic N) is 4. The molecule has 1 fully saturated rings. The van der Waals surface area contributed by atoms with Gasteiger partial charge in [0, 0.05) is 18.9 Å². The van der Waals surface area contributed by atoms with Gasteiger partial charge in [-0.15, -0.1) is 0 Å². The van der Waals surface area contributed by atoms with E-state index in [0.717, 1.165) is 55.5 Å². The summed E-state index contributed by atoms with van der Waals surface area (Å²) in [6, 6.07) is 2.02. The third-order valence-electron chi connectivity index (χ3n) is 4.06. The fourth-order valence-corrected chi connectivity index (χ4v) is 2.95. The molecule has 1 aliphatic heterocycles. The van der Waals surface area contributed by atoms with Gasteiger partial charge in [-0.3, -0.25) is 9.67 Å². The first-order valence-electron chi connectivity index (χ1n) is 7.90. The minimum atomic E-state index is 0.733. The average Bonchev–Trinajstić information content (AvgIpc) is 2.97. The van der Waals surface area contributed by atoms with E-state index in [4.69, 9.17) is 4.98 Å². The average molecular weight is 285 g/mol. The van der Waals surface area contributed by atoms with E-state index in [9.17, 15) is 0 Å². The molecule has 2 aromatic rings. The van der Waals surface area contributed by atoms with Crippen LogP contribution in [0.2, 0.25) is 0 Å². The van der Waals surface area contributed by atoms with Crippen molar-refractivity contribution in [3.63, 3.8) is 0 Å². The van der Waals surface area contributed by atoms with Crippen LogP contribution in [0, 0.1) is 5.92 Å². The minimum Gasteiger partial charge on any atom is -0.317 e. The van der Waals surface area contributed by atoms with Gasteiger partial charge in [-0.2, -0.15) is 5.10 Å². The van der Waals surface area contributed by atoms with E-state index < -0.39 is 0 Å². The zero-order chi connectivity index (χ0) is 14.5. The molecule has 0 saturated carbocycles. The number of piperidine rings is 1. The van der Waals surface area contributed by atoms with Gasteiger partial charge in [0.25, 0.3) is 0 Å². The summed E-state index contributed by atoms with van der Waals surface area (Å²) in [7, 11) is 0. The lowest BCUT2D eigenvalue weighted by molar-refractivity contribution is 0.370. The summed E-state index contributed by atoms with van der Waals surface area (Å²) in [6.45, 7) is 5.33. The van der Waals surface area contributed by atoms with Crippen molar-refractivity contribution in [3.8, 4) is 11.4 Å². The summed E-state index contributed by atoms with van der Waals surface area (Å²) >= 11 is 0. The van der Waals surface area contributed by atoms with Gasteiger partial charge in [0.15, 0.2) is 0 Å². The monoisotopic (exact) mass is 285 g/mol. The maximum Gasteiger partial charge on any atom is 0.107 e. The molecule has 0 radical (unpaired) electrons. The Balaban J connectivity index is 1.77. The van der Waals surface area contributed by atoms with Crippen LogP contribution in [0.4, 0.5) is 0 Å². The van der Waals surface area contributed by atoms with Crippen LogP contribution in [0.15, 0.2) is 24.7 Å². The molecule has 5 heteroatoms. The second-order valence-electron chi connectivity index (χ2n) is 5.73. The van der Waals surface area contributed by atoms with Crippen molar-refractivity contribution in [1.29, 1.82) is 0 Å². The van der Waals surface area contributed by atoms with E-state index in [2.05, 4.69) is 22.3 Å². The van der Waals surface area contributed by atoms with Crippen LogP contribution in [0.1, 0.15) is 31.9 Å². The second-order valence-corrected chi connectivity index (χ2v) is 5.73. The Morgan fingerprint density at radius 3 is 2.95 bits per heavy atom. The van der Waals surface area contributed by atoms with E-state index in [1.54, 1.807) is 0 Å². The van der Waals surface area contributed by atoms with Crippen molar-refractivity contribution in [3.05, 3.63) is 30.4 Å². The molecule has 0 unspecified atom stereocenters. The molecule has 3 rings (SSSR count). The highest BCUT2D eigenvalue weighted by Gasteiger charge is 2.15. The van der Waals surface area contributed by atoms with Gasteiger partial charge >= 0.3 is 0 Å². The number of hydrogen-bond donors (Lipinski definition) is 1. The molecule has 5 nitrogen and oxygen atoms in total. The SMILES string of the molecule is CCCn1nccc1-c1cncc(CC2CCNCC2)n1. The molecule has 0 aromatic carbocycles. The van der Waals surface area contributed by atoms with Crippen LogP contribution in [0.25, 0.3) is 11.4 Å². The zero-order valence-electron chi connectivity index (χ0n) is 12.6. The lowest BCUT2D eigenvalue weighted by atomic mass is 9.93. The summed E-state index contributed by atoms with van der Waals surface area (Å²) in [5, 5.41) is 7.78. The number of aryl methyl sites for hydroxylation is 1. The van der Waals surface area contributed by atoms with E-state index in [1.165, 1.54) is 12.8 Å². The third kappa shape index (κ3) is 3.47. The van der Waals surface area contributed by atoms with Crippen molar-refractivity contribution >= 4 is 0 Å². The standard InChI is InChI=1S/C16H23N5/c1-2-9-21-16(5-8-19-21)15-12-18-11-14(20-15)10-13-3-6-17-7-4-13/h5,8,11-13,17H,2-4,6-7,9-10H2,1H3. The van der Waals surface area contributed by atoms with E-state index in [0.29, 0.717) is 0 Å². The fraction of sp³-hybridized carbons (Fsp3) is 0.562. The van der Waals surface area contributed by atoms with Gasteiger partial charge in [0.1, 0.15) is 5.69 Å². The lowest BCUT2D eigenvalue weighted by Crippen LogP contribution is -2.28. The van der Waals surface area contributed by atoms with Gasteiger partial charge in [-0.1, -0.05) is 6.92 Å². The van der Waals surface area contributed by atoms with Gasteiger partial charge in [-0.25, -0.2) is 4.98 Å². The Labute approximate surface area is 125 Å². The van der Waals surface area contributed by atoms with Crippen molar-refractivity contribution in [2.24, 2.45) is 5.92 Å². The first-order valence-corrected chi connectivity index (χ1v) is 7.90. The predicted molar refractivity (Wildman–Crippen MR) is 82.8 cm³/mol. The molecule has 0 bridgehead atoms. The highest BCUT2D eigenvalue weighted by atomic mass is 15.3. The predicted octanol–water partition coefficient (Wildman–Crippen LogP) is 2.29. The second kappa shape index (κ2) is 6.80. The Hall–Kier alpha value is -1.75. The highest BCUT2D eigenvalue weighted by molar-refractivity contribution is 5.52. The maximum absolute atomic E-state index is 4.81. The molecule has 112 valence electrons. The Kier molecular flexibility index (Phi) is 4.60. The molecule has 1 saturated heterocycles. The van der Waals surface area contributed by atoms with Crippen LogP contribution in [0.5, 0.6) is 0 Å². The largest absolute Gasteiger partial charge is 0.317 e. The van der Waals surface area contributed by atoms with Crippen LogP contribution >= 0.6 is 0 Å². The summed E-state index contributed by atoms with van der Waals surface area (Å²) < 4.78 is 2.01. The first-order chi connectivity index (χ1) is 10.4. The molecule has 21 heavy (non-hydrogen) atoms. The number of aromatic nitrogens is 4. The summed E-state index contributed by atoms with van der Waals surface area (Å²) in [4.78, 5) is 9.20. The van der Waals surface area contributed by atoms with Crippen LogP contribution in [-0.2, 0) is 13.0 Å². The zero-order valence-corrected chi connectivity index (χ0v) is 12.6. The molecule has 0 atom stereocenters. The third-order valence-corrected chi connectivity index (χ3v) is 4.06. The smallest absolute Gasteiger partial charge is 0.107 e. The van der Waals surface area contributed by atoms with Gasteiger partial charge < -0.3 is 5.32 Å². The van der Waals surface area contributed by atoms with E-state index in [1.807, 2.05) is 29.3 Å². The fourth-order valence-electron chi connectivity index (χ4n) is 2.95. The van der Waals surface area contributed by atoms with E-state index in [-0.39, 0.29) is 0 Å². The topological polar surface area (TPSA) is 55.6 Å². The quantitative estimate of drug-likeness (QED) is 0.916. The van der Waals surface area contributed by atoms with Crippen molar-refractivity contribution in [1.82, 2.24) is 25.1 Å². The molecule has 3 heterocycles. The van der Waals surface area contributed by atoms with Gasteiger partial charge in [0.05, 0.1) is 17.6 Å². The molecular formula is C16H23N5. The van der Waals surface area contributed by atoms with Crippen molar-refractivity contribution in [2.75, 3.05) is 13.1 Å². The normalized spacial score (nSPS) is 16.2. The van der Waals surface area contributed by atoms with Gasteiger partial charge in [-0.05, 0) is 50.8 Å². The molecule has 1 aliphatic rings. The van der Waals surface area contributed by atoms with Crippen molar-refractivity contribution < 1.29 is 0 Å². The van der Waals surface area contributed by atoms with Gasteiger partial charge in [0.2, 0.25) is 0 Å². The van der Waals surface area contributed by atoms with Crippen LogP contribution in [0.3, 0.4) is 0 Å². The Bertz CT molecular complexity index is 572. The first kappa shape index (κ1) is 14.2. The Morgan fingerprint density at radius 1 is 1.29 bits per heavy atom. The summed E-state index contributed by atoms with van der Waals surface area (Å²) in [6.07, 6.45) is 10.2. The molecule has 0 spiro atoms. The maximum atomic E-state index is 4.81. The number of hydrogen-bond acceptors (Lipinski definition) is 4. The van der Waals surface area contributed by atoms with Crippen LogP contribution < -0.4 is 5.32 Å². The van der Waals surface area contributed by atoms with Crippen molar-refractivity contribution in [2.45, 2.75) is 39.2 Å². The summed E-state index contributed by atoms with van der Waals surface area (Å²) in [5.41, 5.74) is 3.10. The minimum absolute atomic E-state index is 0.733. The van der Waals surface area contributed by atoms with Crippen LogP contribution in [-0.4, -0.2) is 32.8 Å². The highest BCUT2D eigenvalue weighted by Crippen LogP contribution is 2.20. The molecular weight excluding hydrogens is 262 g/mol. The molecule has 2 aromatic heterocycles. The Morgan fingerprint density at radius 2 is 2.14 bits per heavy atom. The lowest BCUT2D eigenvalue weighted by Gasteiger charge is -2.22. The molecule has 0 aliphatic carbocycles. The molecule has 0 amide bonds. The molecule has 1 N–H and O–H groups in total. The summed E-state index contributed by atoms with van der Waals surface area (Å²) in [5.74, 6) is 0.733. The number of nitrogens with one attached hydrogen (secondary N) is 1. The van der Waals surface area contributed by atoms with E-state index >= 15 is 0 Å².